The van der Waals surface area contributed by atoms with Crippen molar-refractivity contribution in [1.82, 2.24) is 0 Å². The monoisotopic (exact) mass is 174 g/mol. The van der Waals surface area contributed by atoms with Crippen LogP contribution in [0.25, 0.3) is 0 Å². The Kier molecular flexibility index (Phi) is 2.60. The zero-order valence-electron chi connectivity index (χ0n) is 6.96. The first-order valence-electron chi connectivity index (χ1n) is 3.92. The van der Waals surface area contributed by atoms with Gasteiger partial charge in [0.2, 0.25) is 0 Å². The van der Waals surface area contributed by atoms with E-state index in [1.165, 1.54) is 11.8 Å². The highest BCUT2D eigenvalue weighted by molar-refractivity contribution is 8.14. The number of carbonyl (C=O) groups is 1. The predicted octanol–water partition coefficient (Wildman–Crippen LogP) is 1.57. The first-order chi connectivity index (χ1) is 5.04. The number of rotatable bonds is 1. The van der Waals surface area contributed by atoms with E-state index in [2.05, 4.69) is 0 Å². The normalized spacial score (nSPS) is 37.5. The minimum Gasteiger partial charge on any atom is -0.392 e. The first-order valence-corrected chi connectivity index (χ1v) is 4.74. The first kappa shape index (κ1) is 9.07. The number of thioether (sulfide) groups is 1. The number of aliphatic hydroxyl groups is 1. The largest absolute Gasteiger partial charge is 0.392 e. The second-order valence-corrected chi connectivity index (χ2v) is 5.03. The molecule has 0 radical (unpaired) electrons. The van der Waals surface area contributed by atoms with Gasteiger partial charge in [0.25, 0.3) is 0 Å². The van der Waals surface area contributed by atoms with Crippen LogP contribution in [0.2, 0.25) is 0 Å². The van der Waals surface area contributed by atoms with Crippen molar-refractivity contribution < 1.29 is 9.90 Å². The van der Waals surface area contributed by atoms with E-state index in [4.69, 9.17) is 0 Å². The Labute approximate surface area is 71.4 Å². The van der Waals surface area contributed by atoms with E-state index in [0.717, 1.165) is 19.3 Å². The minimum atomic E-state index is -0.295. The molecule has 0 aromatic rings. The lowest BCUT2D eigenvalue weighted by Gasteiger charge is -2.25. The molecule has 1 aliphatic carbocycles. The lowest BCUT2D eigenvalue weighted by Crippen LogP contribution is -2.31. The van der Waals surface area contributed by atoms with Crippen molar-refractivity contribution in [2.45, 2.75) is 44.0 Å². The second-order valence-electron chi connectivity index (χ2n) is 3.31. The topological polar surface area (TPSA) is 37.3 Å². The van der Waals surface area contributed by atoms with Gasteiger partial charge >= 0.3 is 0 Å². The van der Waals surface area contributed by atoms with E-state index in [-0.39, 0.29) is 16.0 Å². The van der Waals surface area contributed by atoms with Crippen LogP contribution in [0.15, 0.2) is 0 Å². The van der Waals surface area contributed by atoms with E-state index < -0.39 is 0 Å². The summed E-state index contributed by atoms with van der Waals surface area (Å²) in [6.07, 6.45) is 2.55. The molecule has 2 nitrogen and oxygen atoms in total. The molecular weight excluding hydrogens is 160 g/mol. The quantitative estimate of drug-likeness (QED) is 0.655. The highest BCUT2D eigenvalue weighted by Gasteiger charge is 2.39. The summed E-state index contributed by atoms with van der Waals surface area (Å²) in [4.78, 5) is 10.8. The molecule has 2 unspecified atom stereocenters. The third kappa shape index (κ3) is 1.97. The molecule has 1 rings (SSSR count). The SMILES string of the molecule is CC(=O)SC1(C)CCCC1O. The molecule has 64 valence electrons. The third-order valence-electron chi connectivity index (χ3n) is 2.23. The summed E-state index contributed by atoms with van der Waals surface area (Å²) < 4.78 is -0.203. The van der Waals surface area contributed by atoms with Crippen molar-refractivity contribution >= 4 is 16.9 Å². The fraction of sp³-hybridized carbons (Fsp3) is 0.875. The molecule has 2 atom stereocenters. The Balaban J connectivity index is 2.58. The van der Waals surface area contributed by atoms with Gasteiger partial charge in [-0.05, 0) is 26.2 Å². The Hall–Kier alpha value is -0.0200. The van der Waals surface area contributed by atoms with Gasteiger partial charge in [-0.25, -0.2) is 0 Å². The van der Waals surface area contributed by atoms with Crippen LogP contribution in [0.4, 0.5) is 0 Å². The molecule has 0 aliphatic heterocycles. The highest BCUT2D eigenvalue weighted by atomic mass is 32.2. The summed E-state index contributed by atoms with van der Waals surface area (Å²) in [5, 5.41) is 9.63. The molecule has 0 bridgehead atoms. The van der Waals surface area contributed by atoms with Crippen LogP contribution >= 0.6 is 11.8 Å². The van der Waals surface area contributed by atoms with Crippen LogP contribution in [0.5, 0.6) is 0 Å². The Morgan fingerprint density at radius 3 is 2.73 bits per heavy atom. The van der Waals surface area contributed by atoms with Crippen molar-refractivity contribution in [3.8, 4) is 0 Å². The molecule has 1 aliphatic rings. The average molecular weight is 174 g/mol. The van der Waals surface area contributed by atoms with Crippen molar-refractivity contribution in [2.24, 2.45) is 0 Å². The van der Waals surface area contributed by atoms with Gasteiger partial charge in [0.1, 0.15) is 0 Å². The van der Waals surface area contributed by atoms with Crippen LogP contribution in [0.3, 0.4) is 0 Å². The molecule has 3 heteroatoms. The molecule has 0 heterocycles. The third-order valence-corrected chi connectivity index (χ3v) is 3.46. The van der Waals surface area contributed by atoms with Crippen LogP contribution in [0, 0.1) is 0 Å². The van der Waals surface area contributed by atoms with E-state index in [1.807, 2.05) is 6.92 Å². The number of aliphatic hydroxyl groups excluding tert-OH is 1. The number of hydrogen-bond acceptors (Lipinski definition) is 3. The van der Waals surface area contributed by atoms with Crippen LogP contribution in [-0.2, 0) is 4.79 Å². The smallest absolute Gasteiger partial charge is 0.186 e. The lowest BCUT2D eigenvalue weighted by molar-refractivity contribution is -0.109. The van der Waals surface area contributed by atoms with Gasteiger partial charge in [-0.1, -0.05) is 11.8 Å². The lowest BCUT2D eigenvalue weighted by atomic mass is 10.1. The van der Waals surface area contributed by atoms with Gasteiger partial charge in [0.05, 0.1) is 6.10 Å². The molecule has 1 saturated carbocycles. The summed E-state index contributed by atoms with van der Waals surface area (Å²) in [6.45, 7) is 3.53. The zero-order valence-corrected chi connectivity index (χ0v) is 7.78. The van der Waals surface area contributed by atoms with Crippen molar-refractivity contribution in [3.05, 3.63) is 0 Å². The molecule has 0 amide bonds. The van der Waals surface area contributed by atoms with E-state index in [9.17, 15) is 9.90 Å². The second kappa shape index (κ2) is 3.15. The minimum absolute atomic E-state index is 0.105. The molecule has 1 N–H and O–H groups in total. The molecule has 0 saturated heterocycles. The summed E-state index contributed by atoms with van der Waals surface area (Å²) in [5.74, 6) is 0. The molecule has 0 spiro atoms. The number of hydrogen-bond donors (Lipinski definition) is 1. The Bertz CT molecular complexity index is 169. The average Bonchev–Trinajstić information content (AvgIpc) is 2.11. The van der Waals surface area contributed by atoms with Crippen LogP contribution in [0.1, 0.15) is 33.1 Å². The molecule has 0 aromatic heterocycles. The Morgan fingerprint density at radius 2 is 2.36 bits per heavy atom. The van der Waals surface area contributed by atoms with Gasteiger partial charge in [-0.15, -0.1) is 0 Å². The van der Waals surface area contributed by atoms with Crippen LogP contribution in [-0.4, -0.2) is 21.1 Å². The van der Waals surface area contributed by atoms with Crippen molar-refractivity contribution in [3.63, 3.8) is 0 Å². The van der Waals surface area contributed by atoms with Gasteiger partial charge in [-0.3, -0.25) is 4.79 Å². The maximum Gasteiger partial charge on any atom is 0.186 e. The summed E-state index contributed by atoms with van der Waals surface area (Å²) in [6, 6.07) is 0. The fourth-order valence-electron chi connectivity index (χ4n) is 1.57. The summed E-state index contributed by atoms with van der Waals surface area (Å²) in [7, 11) is 0. The molecule has 11 heavy (non-hydrogen) atoms. The fourth-order valence-corrected chi connectivity index (χ4v) is 2.72. The van der Waals surface area contributed by atoms with E-state index >= 15 is 0 Å². The van der Waals surface area contributed by atoms with Crippen molar-refractivity contribution in [1.29, 1.82) is 0 Å². The van der Waals surface area contributed by atoms with E-state index in [0.29, 0.717) is 0 Å². The maximum absolute atomic E-state index is 10.8. The number of carbonyl (C=O) groups excluding carboxylic acids is 1. The summed E-state index contributed by atoms with van der Waals surface area (Å²) in [5.41, 5.74) is 0. The van der Waals surface area contributed by atoms with E-state index in [1.54, 1.807) is 6.92 Å². The molecular formula is C8H14O2S. The standard InChI is InChI=1S/C8H14O2S/c1-6(9)11-8(2)5-3-4-7(8)10/h7,10H,3-5H2,1-2H3. The molecule has 1 fully saturated rings. The van der Waals surface area contributed by atoms with Gasteiger partial charge in [0, 0.05) is 11.7 Å². The van der Waals surface area contributed by atoms with Gasteiger partial charge in [-0.2, -0.15) is 0 Å². The van der Waals surface area contributed by atoms with Crippen LogP contribution < -0.4 is 0 Å². The van der Waals surface area contributed by atoms with Gasteiger partial charge < -0.3 is 5.11 Å². The zero-order chi connectivity index (χ0) is 8.48. The van der Waals surface area contributed by atoms with Gasteiger partial charge in [0.15, 0.2) is 5.12 Å². The van der Waals surface area contributed by atoms with Crippen molar-refractivity contribution in [2.75, 3.05) is 0 Å². The molecule has 0 aromatic carbocycles. The maximum atomic E-state index is 10.8. The summed E-state index contributed by atoms with van der Waals surface area (Å²) >= 11 is 1.28. The predicted molar refractivity (Wildman–Crippen MR) is 46.5 cm³/mol. The Morgan fingerprint density at radius 1 is 1.73 bits per heavy atom. The highest BCUT2D eigenvalue weighted by Crippen LogP contribution is 2.41.